The highest BCUT2D eigenvalue weighted by Crippen LogP contribution is 2.12. The van der Waals surface area contributed by atoms with Crippen molar-refractivity contribution in [2.75, 3.05) is 19.7 Å². The van der Waals surface area contributed by atoms with E-state index in [4.69, 9.17) is 9.84 Å². The van der Waals surface area contributed by atoms with Crippen LogP contribution in [-0.2, 0) is 11.2 Å². The second kappa shape index (κ2) is 8.50. The zero-order valence-corrected chi connectivity index (χ0v) is 11.1. The standard InChI is InChI=1S/C14H21NO4/c1-2-19-13-5-3-11(4-6-13)7-8-15-10-12(16)9-14(17)18/h3-6,12,15-16H,2,7-10H2,1H3,(H,17,18). The van der Waals surface area contributed by atoms with Crippen molar-refractivity contribution < 1.29 is 19.7 Å². The van der Waals surface area contributed by atoms with Crippen LogP contribution in [0.25, 0.3) is 0 Å². The molecule has 5 heteroatoms. The summed E-state index contributed by atoms with van der Waals surface area (Å²) in [5.74, 6) is -0.128. The van der Waals surface area contributed by atoms with Gasteiger partial charge in [0.1, 0.15) is 5.75 Å². The average molecular weight is 267 g/mol. The van der Waals surface area contributed by atoms with E-state index < -0.39 is 12.1 Å². The topological polar surface area (TPSA) is 78.8 Å². The van der Waals surface area contributed by atoms with Crippen molar-refractivity contribution in [3.63, 3.8) is 0 Å². The summed E-state index contributed by atoms with van der Waals surface area (Å²) in [7, 11) is 0. The number of benzene rings is 1. The molecule has 1 rings (SSSR count). The molecule has 0 aliphatic heterocycles. The van der Waals surface area contributed by atoms with Gasteiger partial charge in [-0.3, -0.25) is 4.79 Å². The van der Waals surface area contributed by atoms with Crippen LogP contribution < -0.4 is 10.1 Å². The quantitative estimate of drug-likeness (QED) is 0.583. The van der Waals surface area contributed by atoms with Gasteiger partial charge in [-0.1, -0.05) is 12.1 Å². The molecule has 106 valence electrons. The third-order valence-electron chi connectivity index (χ3n) is 2.62. The molecule has 0 aromatic heterocycles. The molecular formula is C14H21NO4. The van der Waals surface area contributed by atoms with Crippen molar-refractivity contribution in [1.29, 1.82) is 0 Å². The molecule has 0 aliphatic carbocycles. The van der Waals surface area contributed by atoms with E-state index in [9.17, 15) is 9.90 Å². The number of aliphatic hydroxyl groups is 1. The number of aliphatic carboxylic acids is 1. The van der Waals surface area contributed by atoms with Crippen LogP contribution in [0.4, 0.5) is 0 Å². The van der Waals surface area contributed by atoms with E-state index >= 15 is 0 Å². The van der Waals surface area contributed by atoms with Crippen LogP contribution in [0.1, 0.15) is 18.9 Å². The van der Waals surface area contributed by atoms with Crippen molar-refractivity contribution in [1.82, 2.24) is 5.32 Å². The van der Waals surface area contributed by atoms with Gasteiger partial charge >= 0.3 is 5.97 Å². The SMILES string of the molecule is CCOc1ccc(CCNCC(O)CC(=O)O)cc1. The van der Waals surface area contributed by atoms with Crippen LogP contribution in [0.3, 0.4) is 0 Å². The Hall–Kier alpha value is -1.59. The van der Waals surface area contributed by atoms with Crippen molar-refractivity contribution in [3.8, 4) is 5.75 Å². The van der Waals surface area contributed by atoms with Gasteiger partial charge in [0.05, 0.1) is 19.1 Å². The number of hydrogen-bond acceptors (Lipinski definition) is 4. The minimum Gasteiger partial charge on any atom is -0.494 e. The Morgan fingerprint density at radius 3 is 2.63 bits per heavy atom. The Morgan fingerprint density at radius 2 is 2.05 bits per heavy atom. The molecule has 1 unspecified atom stereocenters. The van der Waals surface area contributed by atoms with Gasteiger partial charge in [0.15, 0.2) is 0 Å². The van der Waals surface area contributed by atoms with E-state index in [2.05, 4.69) is 5.32 Å². The lowest BCUT2D eigenvalue weighted by molar-refractivity contribution is -0.139. The summed E-state index contributed by atoms with van der Waals surface area (Å²) in [6, 6.07) is 7.86. The van der Waals surface area contributed by atoms with Crippen molar-refractivity contribution in [2.45, 2.75) is 25.9 Å². The zero-order valence-electron chi connectivity index (χ0n) is 11.1. The number of ether oxygens (including phenoxy) is 1. The summed E-state index contributed by atoms with van der Waals surface area (Å²) in [5, 5.41) is 20.9. The van der Waals surface area contributed by atoms with E-state index in [1.54, 1.807) is 0 Å². The van der Waals surface area contributed by atoms with E-state index in [-0.39, 0.29) is 6.42 Å². The van der Waals surface area contributed by atoms with Crippen LogP contribution in [0.2, 0.25) is 0 Å². The first kappa shape index (κ1) is 15.5. The van der Waals surface area contributed by atoms with Crippen molar-refractivity contribution in [2.24, 2.45) is 0 Å². The lowest BCUT2D eigenvalue weighted by Gasteiger charge is -2.09. The molecule has 0 heterocycles. The minimum absolute atomic E-state index is 0.226. The zero-order chi connectivity index (χ0) is 14.1. The summed E-state index contributed by atoms with van der Waals surface area (Å²) < 4.78 is 5.35. The summed E-state index contributed by atoms with van der Waals surface area (Å²) >= 11 is 0. The highest BCUT2D eigenvalue weighted by molar-refractivity contribution is 5.67. The number of nitrogens with one attached hydrogen (secondary N) is 1. The van der Waals surface area contributed by atoms with Crippen LogP contribution in [0.15, 0.2) is 24.3 Å². The van der Waals surface area contributed by atoms with Gasteiger partial charge in [-0.2, -0.15) is 0 Å². The largest absolute Gasteiger partial charge is 0.494 e. The van der Waals surface area contributed by atoms with Gasteiger partial charge in [-0.05, 0) is 37.6 Å². The first-order valence-electron chi connectivity index (χ1n) is 6.44. The molecule has 0 spiro atoms. The van der Waals surface area contributed by atoms with E-state index in [1.807, 2.05) is 31.2 Å². The molecule has 19 heavy (non-hydrogen) atoms. The minimum atomic E-state index is -0.985. The highest BCUT2D eigenvalue weighted by atomic mass is 16.5. The number of carboxylic acid groups (broad SMARTS) is 1. The van der Waals surface area contributed by atoms with Crippen LogP contribution in [0, 0.1) is 0 Å². The predicted octanol–water partition coefficient (Wildman–Crippen LogP) is 1.05. The Bertz CT molecular complexity index is 378. The normalized spacial score (nSPS) is 12.1. The van der Waals surface area contributed by atoms with Crippen LogP contribution in [0.5, 0.6) is 5.75 Å². The fourth-order valence-corrected chi connectivity index (χ4v) is 1.69. The van der Waals surface area contributed by atoms with Gasteiger partial charge in [0.2, 0.25) is 0 Å². The summed E-state index contributed by atoms with van der Waals surface area (Å²) in [6.45, 7) is 3.59. The fraction of sp³-hybridized carbons (Fsp3) is 0.500. The maximum absolute atomic E-state index is 10.3. The Morgan fingerprint density at radius 1 is 1.37 bits per heavy atom. The molecule has 0 radical (unpaired) electrons. The van der Waals surface area contributed by atoms with Gasteiger partial charge in [-0.25, -0.2) is 0 Å². The molecule has 1 atom stereocenters. The van der Waals surface area contributed by atoms with E-state index in [0.29, 0.717) is 19.7 Å². The summed E-state index contributed by atoms with van der Waals surface area (Å²) in [5.41, 5.74) is 1.17. The van der Waals surface area contributed by atoms with Gasteiger partial charge in [-0.15, -0.1) is 0 Å². The molecule has 0 bridgehead atoms. The van der Waals surface area contributed by atoms with E-state index in [0.717, 1.165) is 12.2 Å². The predicted molar refractivity (Wildman–Crippen MR) is 72.4 cm³/mol. The van der Waals surface area contributed by atoms with Crippen molar-refractivity contribution >= 4 is 5.97 Å². The molecule has 3 N–H and O–H groups in total. The van der Waals surface area contributed by atoms with Crippen LogP contribution >= 0.6 is 0 Å². The second-order valence-corrected chi connectivity index (χ2v) is 4.28. The van der Waals surface area contributed by atoms with Gasteiger partial charge in [0.25, 0.3) is 0 Å². The first-order valence-corrected chi connectivity index (χ1v) is 6.44. The molecule has 0 aliphatic rings. The highest BCUT2D eigenvalue weighted by Gasteiger charge is 2.08. The molecule has 1 aromatic rings. The lowest BCUT2D eigenvalue weighted by Crippen LogP contribution is -2.30. The van der Waals surface area contributed by atoms with Crippen LogP contribution in [-0.4, -0.2) is 42.0 Å². The Kier molecular flexibility index (Phi) is 6.92. The summed E-state index contributed by atoms with van der Waals surface area (Å²) in [6.07, 6.45) is -0.236. The fourth-order valence-electron chi connectivity index (χ4n) is 1.69. The number of aliphatic hydroxyl groups excluding tert-OH is 1. The molecule has 0 saturated heterocycles. The molecule has 1 aromatic carbocycles. The second-order valence-electron chi connectivity index (χ2n) is 4.28. The number of rotatable bonds is 9. The Balaban J connectivity index is 2.20. The van der Waals surface area contributed by atoms with Crippen molar-refractivity contribution in [3.05, 3.63) is 29.8 Å². The summed E-state index contributed by atoms with van der Waals surface area (Å²) in [4.78, 5) is 10.3. The number of hydrogen-bond donors (Lipinski definition) is 3. The maximum atomic E-state index is 10.3. The van der Waals surface area contributed by atoms with E-state index in [1.165, 1.54) is 5.56 Å². The Labute approximate surface area is 113 Å². The monoisotopic (exact) mass is 267 g/mol. The molecule has 0 amide bonds. The molecule has 5 nitrogen and oxygen atoms in total. The third-order valence-corrected chi connectivity index (χ3v) is 2.62. The molecule has 0 fully saturated rings. The van der Waals surface area contributed by atoms with Gasteiger partial charge < -0.3 is 20.3 Å². The number of carbonyl (C=O) groups is 1. The third kappa shape index (κ3) is 6.79. The lowest BCUT2D eigenvalue weighted by atomic mass is 10.1. The first-order chi connectivity index (χ1) is 9.11. The maximum Gasteiger partial charge on any atom is 0.306 e. The van der Waals surface area contributed by atoms with Gasteiger partial charge in [0, 0.05) is 6.54 Å². The average Bonchev–Trinajstić information content (AvgIpc) is 2.36. The number of carboxylic acids is 1. The smallest absolute Gasteiger partial charge is 0.306 e. The molecular weight excluding hydrogens is 246 g/mol. The molecule has 0 saturated carbocycles.